The van der Waals surface area contributed by atoms with Gasteiger partial charge in [0.25, 0.3) is 10.2 Å². The van der Waals surface area contributed by atoms with Gasteiger partial charge in [-0.1, -0.05) is 43.2 Å². The maximum Gasteiger partial charge on any atom is 0.281 e. The third kappa shape index (κ3) is 3.66. The Kier molecular flexibility index (Phi) is 5.61. The third-order valence-corrected chi connectivity index (χ3v) is 7.83. The molecule has 0 amide bonds. The molecule has 0 aromatic heterocycles. The lowest BCUT2D eigenvalue weighted by molar-refractivity contribution is -0.123. The van der Waals surface area contributed by atoms with E-state index in [4.69, 9.17) is 0 Å². The molecule has 3 rings (SSSR count). The molecule has 0 bridgehead atoms. The van der Waals surface area contributed by atoms with E-state index < -0.39 is 15.6 Å². The average Bonchev–Trinajstić information content (AvgIpc) is 2.92. The molecule has 6 heteroatoms. The van der Waals surface area contributed by atoms with Crippen LogP contribution in [0.15, 0.2) is 30.3 Å². The first-order valence-electron chi connectivity index (χ1n) is 9.29. The molecular formula is C19H28N2O3S. The average molecular weight is 365 g/mol. The zero-order valence-corrected chi connectivity index (χ0v) is 15.8. The molecule has 1 aromatic carbocycles. The highest BCUT2D eigenvalue weighted by Gasteiger charge is 2.43. The summed E-state index contributed by atoms with van der Waals surface area (Å²) in [7, 11) is -3.41. The molecule has 138 valence electrons. The van der Waals surface area contributed by atoms with E-state index in [0.717, 1.165) is 31.2 Å². The summed E-state index contributed by atoms with van der Waals surface area (Å²) in [4.78, 5) is 12.4. The number of hydrogen-bond acceptors (Lipinski definition) is 3. The van der Waals surface area contributed by atoms with Gasteiger partial charge in [0.05, 0.1) is 5.41 Å². The van der Waals surface area contributed by atoms with Gasteiger partial charge in [-0.3, -0.25) is 4.79 Å². The van der Waals surface area contributed by atoms with Gasteiger partial charge in [0.15, 0.2) is 0 Å². The molecule has 2 aliphatic rings. The van der Waals surface area contributed by atoms with E-state index >= 15 is 0 Å². The second kappa shape index (κ2) is 7.56. The number of carbonyl (C=O) groups excluding carboxylic acids is 1. The largest absolute Gasteiger partial charge is 0.299 e. The van der Waals surface area contributed by atoms with Crippen molar-refractivity contribution in [2.24, 2.45) is 0 Å². The SMILES string of the molecule is CC(=O)C1(c2ccccc2)CCN(S(=O)(=O)N2CCCCCC2)CC1. The molecule has 0 unspecified atom stereocenters. The van der Waals surface area contributed by atoms with Gasteiger partial charge in [-0.25, -0.2) is 0 Å². The summed E-state index contributed by atoms with van der Waals surface area (Å²) in [5.41, 5.74) is 0.459. The number of Topliss-reactive ketones (excluding diaryl/α,β-unsaturated/α-hetero) is 1. The highest BCUT2D eigenvalue weighted by atomic mass is 32.2. The molecule has 0 atom stereocenters. The summed E-state index contributed by atoms with van der Waals surface area (Å²) < 4.78 is 29.2. The Bertz CT molecular complexity index is 687. The van der Waals surface area contributed by atoms with Crippen LogP contribution in [0, 0.1) is 0 Å². The van der Waals surface area contributed by atoms with Crippen LogP contribution >= 0.6 is 0 Å². The Hall–Kier alpha value is -1.24. The Morgan fingerprint density at radius 1 is 0.880 bits per heavy atom. The maximum absolute atomic E-state index is 13.0. The molecule has 0 radical (unpaired) electrons. The minimum absolute atomic E-state index is 0.130. The van der Waals surface area contributed by atoms with E-state index in [1.165, 1.54) is 0 Å². The van der Waals surface area contributed by atoms with E-state index in [1.54, 1.807) is 15.5 Å². The van der Waals surface area contributed by atoms with Crippen LogP contribution in [-0.4, -0.2) is 49.0 Å². The predicted octanol–water partition coefficient (Wildman–Crippen LogP) is 2.73. The van der Waals surface area contributed by atoms with Crippen LogP contribution in [0.2, 0.25) is 0 Å². The monoisotopic (exact) mass is 364 g/mol. The third-order valence-electron chi connectivity index (χ3n) is 5.79. The van der Waals surface area contributed by atoms with E-state index in [9.17, 15) is 13.2 Å². The predicted molar refractivity (Wildman–Crippen MR) is 98.6 cm³/mol. The molecule has 0 spiro atoms. The number of nitrogens with zero attached hydrogens (tertiary/aromatic N) is 2. The minimum Gasteiger partial charge on any atom is -0.299 e. The van der Waals surface area contributed by atoms with Crippen molar-refractivity contribution in [3.05, 3.63) is 35.9 Å². The van der Waals surface area contributed by atoms with Crippen molar-refractivity contribution < 1.29 is 13.2 Å². The smallest absolute Gasteiger partial charge is 0.281 e. The van der Waals surface area contributed by atoms with Gasteiger partial charge in [0, 0.05) is 26.2 Å². The highest BCUT2D eigenvalue weighted by Crippen LogP contribution is 2.37. The fourth-order valence-electron chi connectivity index (χ4n) is 4.14. The van der Waals surface area contributed by atoms with Crippen molar-refractivity contribution in [2.75, 3.05) is 26.2 Å². The number of carbonyl (C=O) groups is 1. The van der Waals surface area contributed by atoms with Gasteiger partial charge < -0.3 is 0 Å². The van der Waals surface area contributed by atoms with Crippen molar-refractivity contribution in [1.82, 2.24) is 8.61 Å². The quantitative estimate of drug-likeness (QED) is 0.825. The first-order chi connectivity index (χ1) is 12.0. The molecule has 5 nitrogen and oxygen atoms in total. The molecule has 2 aliphatic heterocycles. The lowest BCUT2D eigenvalue weighted by atomic mass is 9.70. The Balaban J connectivity index is 1.76. The Morgan fingerprint density at radius 3 is 1.92 bits per heavy atom. The van der Waals surface area contributed by atoms with Crippen LogP contribution < -0.4 is 0 Å². The van der Waals surface area contributed by atoms with E-state index in [0.29, 0.717) is 39.0 Å². The molecule has 0 N–H and O–H groups in total. The summed E-state index contributed by atoms with van der Waals surface area (Å²) in [6.07, 6.45) is 5.20. The van der Waals surface area contributed by atoms with Gasteiger partial charge in [0.1, 0.15) is 5.78 Å². The fraction of sp³-hybridized carbons (Fsp3) is 0.632. The van der Waals surface area contributed by atoms with E-state index in [2.05, 4.69) is 0 Å². The first-order valence-corrected chi connectivity index (χ1v) is 10.7. The minimum atomic E-state index is -3.41. The second-order valence-electron chi connectivity index (χ2n) is 7.22. The van der Waals surface area contributed by atoms with Crippen LogP contribution in [0.4, 0.5) is 0 Å². The molecule has 2 fully saturated rings. The molecule has 2 heterocycles. The van der Waals surface area contributed by atoms with Crippen molar-refractivity contribution in [2.45, 2.75) is 50.9 Å². The summed E-state index contributed by atoms with van der Waals surface area (Å²) >= 11 is 0. The standard InChI is InChI=1S/C19H28N2O3S/c1-17(22)19(18-9-5-4-6-10-18)11-15-21(16-12-19)25(23,24)20-13-7-2-3-8-14-20/h4-6,9-10H,2-3,7-8,11-16H2,1H3. The number of benzene rings is 1. The molecule has 2 saturated heterocycles. The first kappa shape index (κ1) is 18.5. The van der Waals surface area contributed by atoms with E-state index in [1.807, 2.05) is 30.3 Å². The van der Waals surface area contributed by atoms with Crippen LogP contribution in [0.5, 0.6) is 0 Å². The van der Waals surface area contributed by atoms with Gasteiger partial charge in [-0.05, 0) is 38.2 Å². The second-order valence-corrected chi connectivity index (χ2v) is 9.15. The lowest BCUT2D eigenvalue weighted by Crippen LogP contribution is -2.52. The molecule has 1 aromatic rings. The molecule has 0 saturated carbocycles. The summed E-state index contributed by atoms with van der Waals surface area (Å²) in [5.74, 6) is 0.130. The maximum atomic E-state index is 13.0. The summed E-state index contributed by atoms with van der Waals surface area (Å²) in [6, 6.07) is 9.80. The van der Waals surface area contributed by atoms with Gasteiger partial charge >= 0.3 is 0 Å². The highest BCUT2D eigenvalue weighted by molar-refractivity contribution is 7.86. The van der Waals surface area contributed by atoms with Gasteiger partial charge in [-0.15, -0.1) is 0 Å². The van der Waals surface area contributed by atoms with Crippen molar-refractivity contribution in [3.63, 3.8) is 0 Å². The molecule has 0 aliphatic carbocycles. The Morgan fingerprint density at radius 2 is 1.40 bits per heavy atom. The van der Waals surface area contributed by atoms with Crippen molar-refractivity contribution >= 4 is 16.0 Å². The normalized spacial score (nSPS) is 23.1. The van der Waals surface area contributed by atoms with Crippen LogP contribution in [0.3, 0.4) is 0 Å². The Labute approximate surface area is 151 Å². The topological polar surface area (TPSA) is 57.7 Å². The van der Waals surface area contributed by atoms with Gasteiger partial charge in [0.2, 0.25) is 0 Å². The molecular weight excluding hydrogens is 336 g/mol. The van der Waals surface area contributed by atoms with Crippen molar-refractivity contribution in [3.8, 4) is 0 Å². The van der Waals surface area contributed by atoms with Crippen LogP contribution in [0.25, 0.3) is 0 Å². The van der Waals surface area contributed by atoms with Crippen LogP contribution in [0.1, 0.15) is 51.0 Å². The fourth-order valence-corrected chi connectivity index (χ4v) is 5.83. The van der Waals surface area contributed by atoms with Gasteiger partial charge in [-0.2, -0.15) is 17.0 Å². The number of hydrogen-bond donors (Lipinski definition) is 0. The zero-order chi connectivity index (χ0) is 17.9. The van der Waals surface area contributed by atoms with E-state index in [-0.39, 0.29) is 5.78 Å². The zero-order valence-electron chi connectivity index (χ0n) is 15.0. The number of piperidine rings is 1. The molecule has 25 heavy (non-hydrogen) atoms. The summed E-state index contributed by atoms with van der Waals surface area (Å²) in [5, 5.41) is 0. The summed E-state index contributed by atoms with van der Waals surface area (Å²) in [6.45, 7) is 3.69. The lowest BCUT2D eigenvalue weighted by Gasteiger charge is -2.41. The van der Waals surface area contributed by atoms with Crippen molar-refractivity contribution in [1.29, 1.82) is 0 Å². The number of rotatable bonds is 4. The number of ketones is 1. The van der Waals surface area contributed by atoms with Crippen LogP contribution in [-0.2, 0) is 20.4 Å².